The topological polar surface area (TPSA) is 83.7 Å². The molecule has 1 atom stereocenters. The molecule has 1 amide bonds. The summed E-state index contributed by atoms with van der Waals surface area (Å²) in [6.45, 7) is 3.95. The number of hydrogen-bond acceptors (Lipinski definition) is 4. The molecule has 1 heterocycles. The van der Waals surface area contributed by atoms with Crippen LogP contribution in [0.5, 0.6) is 0 Å². The Balaban J connectivity index is 1.82. The van der Waals surface area contributed by atoms with E-state index in [0.29, 0.717) is 12.6 Å². The smallest absolute Gasteiger partial charge is 0.257 e. The molecule has 2 fully saturated rings. The first-order valence-electron chi connectivity index (χ1n) is 7.65. The SMILES string of the molecule is CC1CN(C2CC2)CCN1C(=O)c1cc(S(N)(=O)=O)ccc1F. The number of nitrogens with two attached hydrogens (primary N) is 1. The predicted octanol–water partition coefficient (Wildman–Crippen LogP) is 0.782. The van der Waals surface area contributed by atoms with Crippen molar-refractivity contribution in [3.63, 3.8) is 0 Å². The molecule has 1 saturated carbocycles. The summed E-state index contributed by atoms with van der Waals surface area (Å²) < 4.78 is 36.8. The summed E-state index contributed by atoms with van der Waals surface area (Å²) in [6.07, 6.45) is 2.40. The maximum atomic E-state index is 14.0. The number of carbonyl (C=O) groups is 1. The van der Waals surface area contributed by atoms with Gasteiger partial charge in [-0.05, 0) is 38.0 Å². The van der Waals surface area contributed by atoms with Crippen molar-refractivity contribution >= 4 is 15.9 Å². The Bertz CT molecular complexity index is 733. The zero-order valence-corrected chi connectivity index (χ0v) is 13.7. The molecule has 0 bridgehead atoms. The Morgan fingerprint density at radius 2 is 2.00 bits per heavy atom. The average molecular weight is 341 g/mol. The molecule has 1 unspecified atom stereocenters. The molecule has 0 aromatic heterocycles. The van der Waals surface area contributed by atoms with Gasteiger partial charge in [-0.2, -0.15) is 0 Å². The van der Waals surface area contributed by atoms with Gasteiger partial charge in [0.2, 0.25) is 10.0 Å². The van der Waals surface area contributed by atoms with E-state index < -0.39 is 21.7 Å². The van der Waals surface area contributed by atoms with Gasteiger partial charge in [0.15, 0.2) is 0 Å². The molecule has 2 aliphatic rings. The second kappa shape index (κ2) is 5.85. The summed E-state index contributed by atoms with van der Waals surface area (Å²) >= 11 is 0. The van der Waals surface area contributed by atoms with Crippen LogP contribution in [0, 0.1) is 5.82 Å². The van der Waals surface area contributed by atoms with Crippen LogP contribution >= 0.6 is 0 Å². The molecule has 2 N–H and O–H groups in total. The monoisotopic (exact) mass is 341 g/mol. The van der Waals surface area contributed by atoms with Gasteiger partial charge in [-0.1, -0.05) is 0 Å². The van der Waals surface area contributed by atoms with Crippen LogP contribution < -0.4 is 5.14 Å². The van der Waals surface area contributed by atoms with E-state index in [1.807, 2.05) is 6.92 Å². The zero-order chi connectivity index (χ0) is 16.8. The van der Waals surface area contributed by atoms with E-state index in [0.717, 1.165) is 31.3 Å². The van der Waals surface area contributed by atoms with Crippen LogP contribution in [0.25, 0.3) is 0 Å². The standard InChI is InChI=1S/C15H20FN3O3S/c1-10-9-18(11-2-3-11)6-7-19(10)15(20)13-8-12(23(17,21)22)4-5-14(13)16/h4-5,8,10-11H,2-3,6-7,9H2,1H3,(H2,17,21,22). The predicted molar refractivity (Wildman–Crippen MR) is 82.9 cm³/mol. The van der Waals surface area contributed by atoms with Crippen molar-refractivity contribution in [1.29, 1.82) is 0 Å². The summed E-state index contributed by atoms with van der Waals surface area (Å²) in [7, 11) is -3.98. The number of carbonyl (C=O) groups excluding carboxylic acids is 1. The lowest BCUT2D eigenvalue weighted by atomic mass is 10.1. The van der Waals surface area contributed by atoms with Gasteiger partial charge in [0, 0.05) is 31.7 Å². The number of benzene rings is 1. The Kier molecular flexibility index (Phi) is 4.16. The van der Waals surface area contributed by atoms with Crippen LogP contribution in [0.3, 0.4) is 0 Å². The Morgan fingerprint density at radius 3 is 2.57 bits per heavy atom. The first-order valence-corrected chi connectivity index (χ1v) is 9.19. The van der Waals surface area contributed by atoms with E-state index in [1.165, 1.54) is 12.8 Å². The molecular weight excluding hydrogens is 321 g/mol. The van der Waals surface area contributed by atoms with Gasteiger partial charge in [-0.15, -0.1) is 0 Å². The molecule has 23 heavy (non-hydrogen) atoms. The second-order valence-electron chi connectivity index (χ2n) is 6.26. The summed E-state index contributed by atoms with van der Waals surface area (Å²) in [4.78, 5) is 16.3. The van der Waals surface area contributed by atoms with Gasteiger partial charge in [0.1, 0.15) is 5.82 Å². The van der Waals surface area contributed by atoms with E-state index >= 15 is 0 Å². The highest BCUT2D eigenvalue weighted by molar-refractivity contribution is 7.89. The lowest BCUT2D eigenvalue weighted by molar-refractivity contribution is 0.0469. The van der Waals surface area contributed by atoms with Crippen LogP contribution in [0.4, 0.5) is 4.39 Å². The minimum Gasteiger partial charge on any atom is -0.333 e. The van der Waals surface area contributed by atoms with Crippen LogP contribution in [0.1, 0.15) is 30.1 Å². The number of rotatable bonds is 3. The van der Waals surface area contributed by atoms with Gasteiger partial charge in [0.05, 0.1) is 10.5 Å². The van der Waals surface area contributed by atoms with Crippen LogP contribution in [0.2, 0.25) is 0 Å². The van der Waals surface area contributed by atoms with Crippen molar-refractivity contribution in [2.45, 2.75) is 36.7 Å². The van der Waals surface area contributed by atoms with E-state index in [-0.39, 0.29) is 16.5 Å². The molecular formula is C15H20FN3O3S. The van der Waals surface area contributed by atoms with Gasteiger partial charge < -0.3 is 4.90 Å². The summed E-state index contributed by atoms with van der Waals surface area (Å²) in [5, 5.41) is 5.06. The highest BCUT2D eigenvalue weighted by Crippen LogP contribution is 2.29. The maximum absolute atomic E-state index is 14.0. The van der Waals surface area contributed by atoms with Crippen molar-refractivity contribution in [1.82, 2.24) is 9.80 Å². The number of hydrogen-bond donors (Lipinski definition) is 1. The minimum absolute atomic E-state index is 0.0469. The Labute approximate surface area is 135 Å². The lowest BCUT2D eigenvalue weighted by Gasteiger charge is -2.40. The zero-order valence-electron chi connectivity index (χ0n) is 12.9. The van der Waals surface area contributed by atoms with Crippen molar-refractivity contribution in [2.24, 2.45) is 5.14 Å². The van der Waals surface area contributed by atoms with Crippen molar-refractivity contribution in [2.75, 3.05) is 19.6 Å². The third-order valence-electron chi connectivity index (χ3n) is 4.48. The van der Waals surface area contributed by atoms with Crippen LogP contribution in [-0.4, -0.2) is 55.8 Å². The fourth-order valence-corrected chi connectivity index (χ4v) is 3.60. The summed E-state index contributed by atoms with van der Waals surface area (Å²) in [5.41, 5.74) is -0.247. The first kappa shape index (κ1) is 16.4. The molecule has 6 nitrogen and oxygen atoms in total. The highest BCUT2D eigenvalue weighted by Gasteiger charge is 2.36. The van der Waals surface area contributed by atoms with E-state index in [4.69, 9.17) is 5.14 Å². The normalized spacial score (nSPS) is 23.1. The second-order valence-corrected chi connectivity index (χ2v) is 7.82. The summed E-state index contributed by atoms with van der Waals surface area (Å²) in [5.74, 6) is -1.23. The maximum Gasteiger partial charge on any atom is 0.257 e. The molecule has 0 spiro atoms. The van der Waals surface area contributed by atoms with Gasteiger partial charge in [0.25, 0.3) is 5.91 Å². The number of amides is 1. The number of piperazine rings is 1. The van der Waals surface area contributed by atoms with Crippen molar-refractivity contribution in [3.8, 4) is 0 Å². The minimum atomic E-state index is -3.98. The average Bonchev–Trinajstić information content (AvgIpc) is 3.30. The largest absolute Gasteiger partial charge is 0.333 e. The van der Waals surface area contributed by atoms with Crippen molar-refractivity contribution < 1.29 is 17.6 Å². The van der Waals surface area contributed by atoms with Gasteiger partial charge in [-0.3, -0.25) is 9.69 Å². The fraction of sp³-hybridized carbons (Fsp3) is 0.533. The fourth-order valence-electron chi connectivity index (χ4n) is 3.06. The molecule has 8 heteroatoms. The van der Waals surface area contributed by atoms with Crippen LogP contribution in [0.15, 0.2) is 23.1 Å². The van der Waals surface area contributed by atoms with Gasteiger partial charge >= 0.3 is 0 Å². The number of primary sulfonamides is 1. The third-order valence-corrected chi connectivity index (χ3v) is 5.39. The lowest BCUT2D eigenvalue weighted by Crippen LogP contribution is -2.54. The quantitative estimate of drug-likeness (QED) is 0.881. The van der Waals surface area contributed by atoms with E-state index in [1.54, 1.807) is 4.90 Å². The summed E-state index contributed by atoms with van der Waals surface area (Å²) in [6, 6.07) is 3.63. The Hall–Kier alpha value is -1.51. The van der Waals surface area contributed by atoms with Gasteiger partial charge in [-0.25, -0.2) is 17.9 Å². The number of halogens is 1. The third kappa shape index (κ3) is 3.39. The molecule has 1 aromatic rings. The first-order chi connectivity index (χ1) is 10.8. The molecule has 126 valence electrons. The van der Waals surface area contributed by atoms with Crippen molar-refractivity contribution in [3.05, 3.63) is 29.6 Å². The van der Waals surface area contributed by atoms with E-state index in [9.17, 15) is 17.6 Å². The highest BCUT2D eigenvalue weighted by atomic mass is 32.2. The molecule has 1 aliphatic heterocycles. The molecule has 1 aromatic carbocycles. The van der Waals surface area contributed by atoms with E-state index in [2.05, 4.69) is 4.90 Å². The molecule has 1 saturated heterocycles. The number of sulfonamides is 1. The molecule has 0 radical (unpaired) electrons. The van der Waals surface area contributed by atoms with Crippen LogP contribution in [-0.2, 0) is 10.0 Å². The number of nitrogens with zero attached hydrogens (tertiary/aromatic N) is 2. The molecule has 3 rings (SSSR count). The molecule has 1 aliphatic carbocycles. The Morgan fingerprint density at radius 1 is 1.30 bits per heavy atom.